The van der Waals surface area contributed by atoms with Crippen LogP contribution in [-0.4, -0.2) is 29.9 Å². The van der Waals surface area contributed by atoms with Crippen molar-refractivity contribution in [1.82, 2.24) is 15.6 Å². The van der Waals surface area contributed by atoms with Gasteiger partial charge >= 0.3 is 0 Å². The molecule has 124 valence electrons. The van der Waals surface area contributed by atoms with Crippen LogP contribution in [0.5, 0.6) is 0 Å². The molecular formula is C18H18FN3O2. The number of hydrogen-bond donors (Lipinski definition) is 2. The molecule has 0 aliphatic rings. The van der Waals surface area contributed by atoms with E-state index in [0.29, 0.717) is 24.1 Å². The minimum absolute atomic E-state index is 0.134. The Hall–Kier alpha value is -3.02. The molecule has 0 unspecified atom stereocenters. The lowest BCUT2D eigenvalue weighted by Crippen LogP contribution is -2.28. The number of pyridine rings is 1. The molecule has 1 aromatic carbocycles. The highest BCUT2D eigenvalue weighted by molar-refractivity contribution is 5.98. The molecule has 0 spiro atoms. The summed E-state index contributed by atoms with van der Waals surface area (Å²) in [5, 5.41) is 5.30. The lowest BCUT2D eigenvalue weighted by molar-refractivity contribution is 0.0949. The van der Waals surface area contributed by atoms with Crippen molar-refractivity contribution < 1.29 is 14.0 Å². The molecule has 5 nitrogen and oxygen atoms in total. The zero-order valence-electron chi connectivity index (χ0n) is 13.1. The third kappa shape index (κ3) is 4.74. The largest absolute Gasteiger partial charge is 0.350 e. The molecule has 0 aliphatic heterocycles. The first-order valence-corrected chi connectivity index (χ1v) is 7.48. The molecule has 1 heterocycles. The van der Waals surface area contributed by atoms with Gasteiger partial charge in [-0.25, -0.2) is 4.39 Å². The minimum Gasteiger partial charge on any atom is -0.350 e. The average molecular weight is 327 g/mol. The molecular weight excluding hydrogens is 309 g/mol. The van der Waals surface area contributed by atoms with Gasteiger partial charge in [0.05, 0.1) is 0 Å². The Morgan fingerprint density at radius 3 is 2.71 bits per heavy atom. The van der Waals surface area contributed by atoms with E-state index in [2.05, 4.69) is 22.2 Å². The molecule has 0 fully saturated rings. The van der Waals surface area contributed by atoms with E-state index >= 15 is 0 Å². The number of carbonyl (C=O) groups is 2. The van der Waals surface area contributed by atoms with Crippen LogP contribution in [0.1, 0.15) is 26.4 Å². The van der Waals surface area contributed by atoms with Gasteiger partial charge in [-0.05, 0) is 30.2 Å². The summed E-state index contributed by atoms with van der Waals surface area (Å²) in [6, 6.07) is 9.34. The Labute approximate surface area is 139 Å². The first-order valence-electron chi connectivity index (χ1n) is 7.48. The molecule has 0 bridgehead atoms. The minimum atomic E-state index is -0.412. The zero-order valence-corrected chi connectivity index (χ0v) is 13.1. The quantitative estimate of drug-likeness (QED) is 0.765. The van der Waals surface area contributed by atoms with E-state index in [0.717, 1.165) is 0 Å². The number of amides is 2. The number of nitrogens with zero attached hydrogens (tertiary/aromatic N) is 1. The lowest BCUT2D eigenvalue weighted by atomic mass is 10.1. The van der Waals surface area contributed by atoms with Gasteiger partial charge in [-0.15, -0.1) is 6.58 Å². The van der Waals surface area contributed by atoms with Gasteiger partial charge in [-0.1, -0.05) is 24.3 Å². The van der Waals surface area contributed by atoms with Gasteiger partial charge in [0.2, 0.25) is 0 Å². The third-order valence-electron chi connectivity index (χ3n) is 3.30. The van der Waals surface area contributed by atoms with Crippen LogP contribution in [-0.2, 0) is 6.42 Å². The molecule has 6 heteroatoms. The Bertz CT molecular complexity index is 747. The van der Waals surface area contributed by atoms with Crippen molar-refractivity contribution in [2.75, 3.05) is 13.1 Å². The van der Waals surface area contributed by atoms with Gasteiger partial charge < -0.3 is 10.6 Å². The van der Waals surface area contributed by atoms with E-state index < -0.39 is 5.91 Å². The van der Waals surface area contributed by atoms with E-state index in [4.69, 9.17) is 0 Å². The maximum absolute atomic E-state index is 13.5. The highest BCUT2D eigenvalue weighted by Gasteiger charge is 2.11. The SMILES string of the molecule is C=CCNC(=O)c1ccnc(C(=O)NCCc2ccccc2F)c1. The molecule has 0 atom stereocenters. The molecule has 2 amide bonds. The van der Waals surface area contributed by atoms with Crippen molar-refractivity contribution in [3.63, 3.8) is 0 Å². The predicted molar refractivity (Wildman–Crippen MR) is 89.2 cm³/mol. The second kappa shape index (κ2) is 8.57. The van der Waals surface area contributed by atoms with Crippen LogP contribution in [0, 0.1) is 5.82 Å². The Kier molecular flexibility index (Phi) is 6.19. The van der Waals surface area contributed by atoms with Crippen molar-refractivity contribution in [1.29, 1.82) is 0 Å². The fourth-order valence-corrected chi connectivity index (χ4v) is 2.07. The topological polar surface area (TPSA) is 71.1 Å². The van der Waals surface area contributed by atoms with Crippen LogP contribution < -0.4 is 10.6 Å². The third-order valence-corrected chi connectivity index (χ3v) is 3.30. The summed E-state index contributed by atoms with van der Waals surface area (Å²) in [4.78, 5) is 27.9. The smallest absolute Gasteiger partial charge is 0.269 e. The summed E-state index contributed by atoms with van der Waals surface area (Å²) < 4.78 is 13.5. The van der Waals surface area contributed by atoms with Crippen molar-refractivity contribution in [2.45, 2.75) is 6.42 Å². The van der Waals surface area contributed by atoms with Crippen LogP contribution in [0.3, 0.4) is 0 Å². The average Bonchev–Trinajstić information content (AvgIpc) is 2.61. The van der Waals surface area contributed by atoms with Crippen LogP contribution in [0.15, 0.2) is 55.3 Å². The molecule has 2 rings (SSSR count). The van der Waals surface area contributed by atoms with Crippen LogP contribution in [0.2, 0.25) is 0 Å². The van der Waals surface area contributed by atoms with Gasteiger partial charge in [-0.3, -0.25) is 14.6 Å². The van der Waals surface area contributed by atoms with E-state index in [1.807, 2.05) is 0 Å². The molecule has 0 saturated carbocycles. The second-order valence-electron chi connectivity index (χ2n) is 5.03. The molecule has 0 aliphatic carbocycles. The van der Waals surface area contributed by atoms with Gasteiger partial charge in [0.15, 0.2) is 0 Å². The summed E-state index contributed by atoms with van der Waals surface area (Å²) >= 11 is 0. The molecule has 24 heavy (non-hydrogen) atoms. The summed E-state index contributed by atoms with van der Waals surface area (Å²) in [7, 11) is 0. The molecule has 2 aromatic rings. The molecule has 1 aromatic heterocycles. The fourth-order valence-electron chi connectivity index (χ4n) is 2.07. The van der Waals surface area contributed by atoms with Crippen LogP contribution >= 0.6 is 0 Å². The molecule has 0 radical (unpaired) electrons. The maximum atomic E-state index is 13.5. The zero-order chi connectivity index (χ0) is 17.4. The lowest BCUT2D eigenvalue weighted by Gasteiger charge is -2.07. The van der Waals surface area contributed by atoms with Gasteiger partial charge in [0, 0.05) is 24.8 Å². The Balaban J connectivity index is 1.94. The number of hydrogen-bond acceptors (Lipinski definition) is 3. The van der Waals surface area contributed by atoms with Gasteiger partial charge in [0.25, 0.3) is 11.8 Å². The first-order chi connectivity index (χ1) is 11.6. The predicted octanol–water partition coefficient (Wildman–Crippen LogP) is 2.11. The number of nitrogens with one attached hydrogen (secondary N) is 2. The Morgan fingerprint density at radius 1 is 1.17 bits per heavy atom. The number of rotatable bonds is 7. The number of carbonyl (C=O) groups excluding carboxylic acids is 2. The Morgan fingerprint density at radius 2 is 1.96 bits per heavy atom. The highest BCUT2D eigenvalue weighted by Crippen LogP contribution is 2.07. The number of halogens is 1. The summed E-state index contributed by atoms with van der Waals surface area (Å²) in [6.45, 7) is 4.13. The second-order valence-corrected chi connectivity index (χ2v) is 5.03. The molecule has 0 saturated heterocycles. The summed E-state index contributed by atoms with van der Waals surface area (Å²) in [6.07, 6.45) is 3.34. The molecule has 2 N–H and O–H groups in total. The van der Waals surface area contributed by atoms with Crippen LogP contribution in [0.25, 0.3) is 0 Å². The normalized spacial score (nSPS) is 10.0. The monoisotopic (exact) mass is 327 g/mol. The van der Waals surface area contributed by atoms with Gasteiger partial charge in [-0.2, -0.15) is 0 Å². The van der Waals surface area contributed by atoms with Crippen LogP contribution in [0.4, 0.5) is 4.39 Å². The van der Waals surface area contributed by atoms with Crippen molar-refractivity contribution in [3.8, 4) is 0 Å². The van der Waals surface area contributed by atoms with Gasteiger partial charge in [0.1, 0.15) is 11.5 Å². The van der Waals surface area contributed by atoms with E-state index in [1.165, 1.54) is 24.4 Å². The fraction of sp³-hybridized carbons (Fsp3) is 0.167. The van der Waals surface area contributed by atoms with Crippen molar-refractivity contribution in [3.05, 3.63) is 77.9 Å². The standard InChI is InChI=1S/C18H18FN3O2/c1-2-9-21-17(23)14-8-10-20-16(12-14)18(24)22-11-7-13-5-3-4-6-15(13)19/h2-6,8,10,12H,1,7,9,11H2,(H,21,23)(H,22,24). The van der Waals surface area contributed by atoms with E-state index in [9.17, 15) is 14.0 Å². The van der Waals surface area contributed by atoms with Crippen molar-refractivity contribution in [2.24, 2.45) is 0 Å². The van der Waals surface area contributed by atoms with E-state index in [1.54, 1.807) is 24.3 Å². The summed E-state index contributed by atoms with van der Waals surface area (Å²) in [5.41, 5.74) is 1.00. The maximum Gasteiger partial charge on any atom is 0.269 e. The number of aromatic nitrogens is 1. The first kappa shape index (κ1) is 17.3. The van der Waals surface area contributed by atoms with E-state index in [-0.39, 0.29) is 24.0 Å². The summed E-state index contributed by atoms with van der Waals surface area (Å²) in [5.74, 6) is -1.02. The highest BCUT2D eigenvalue weighted by atomic mass is 19.1. The van der Waals surface area contributed by atoms with Crippen molar-refractivity contribution >= 4 is 11.8 Å². The number of benzene rings is 1.